The zero-order valence-electron chi connectivity index (χ0n) is 17.0. The number of methoxy groups -OCH3 is 1. The smallest absolute Gasteiger partial charge is 0.228 e. The molecule has 4 rings (SSSR count). The molecule has 154 valence electrons. The molecule has 2 aliphatic rings. The van der Waals surface area contributed by atoms with Gasteiger partial charge in [0.2, 0.25) is 11.8 Å². The molecule has 6 heteroatoms. The van der Waals surface area contributed by atoms with Crippen LogP contribution in [0.3, 0.4) is 0 Å². The number of amides is 2. The van der Waals surface area contributed by atoms with E-state index in [1.54, 1.807) is 18.3 Å². The fraction of sp³-hybridized carbons (Fsp3) is 0.478. The van der Waals surface area contributed by atoms with Crippen molar-refractivity contribution >= 4 is 11.8 Å². The number of hydrogen-bond acceptors (Lipinski definition) is 4. The van der Waals surface area contributed by atoms with Gasteiger partial charge in [-0.15, -0.1) is 0 Å². The van der Waals surface area contributed by atoms with Gasteiger partial charge in [0.25, 0.3) is 0 Å². The summed E-state index contributed by atoms with van der Waals surface area (Å²) < 4.78 is 10.6. The second-order valence-electron chi connectivity index (χ2n) is 8.15. The molecule has 1 saturated heterocycles. The molecule has 1 aromatic carbocycles. The van der Waals surface area contributed by atoms with Crippen LogP contribution in [0.1, 0.15) is 37.5 Å². The average molecular weight is 396 g/mol. The van der Waals surface area contributed by atoms with E-state index in [0.717, 1.165) is 17.1 Å². The Morgan fingerprint density at radius 3 is 2.66 bits per heavy atom. The Morgan fingerprint density at radius 1 is 1.28 bits per heavy atom. The van der Waals surface area contributed by atoms with Gasteiger partial charge in [0.05, 0.1) is 25.8 Å². The van der Waals surface area contributed by atoms with Crippen molar-refractivity contribution in [1.82, 2.24) is 9.80 Å². The molecule has 2 fully saturated rings. The molecule has 2 amide bonds. The molecule has 2 unspecified atom stereocenters. The van der Waals surface area contributed by atoms with Crippen LogP contribution in [0, 0.1) is 11.8 Å². The number of nitrogens with zero attached hydrogens (tertiary/aromatic N) is 2. The Kier molecular flexibility index (Phi) is 5.60. The van der Waals surface area contributed by atoms with Crippen molar-refractivity contribution in [2.24, 2.45) is 11.8 Å². The van der Waals surface area contributed by atoms with Gasteiger partial charge in [0.1, 0.15) is 11.5 Å². The number of benzene rings is 1. The minimum absolute atomic E-state index is 0.0169. The van der Waals surface area contributed by atoms with E-state index in [1.165, 1.54) is 12.8 Å². The molecule has 6 nitrogen and oxygen atoms in total. The van der Waals surface area contributed by atoms with Crippen molar-refractivity contribution in [1.29, 1.82) is 0 Å². The van der Waals surface area contributed by atoms with Crippen molar-refractivity contribution in [2.45, 2.75) is 45.3 Å². The average Bonchev–Trinajstić information content (AvgIpc) is 3.35. The van der Waals surface area contributed by atoms with Crippen LogP contribution in [0.15, 0.2) is 47.1 Å². The molecular formula is C23H28N2O4. The largest absolute Gasteiger partial charge is 0.497 e. The number of carbonyl (C=O) groups excluding carboxylic acids is 2. The van der Waals surface area contributed by atoms with Crippen LogP contribution in [0.25, 0.3) is 0 Å². The highest BCUT2D eigenvalue weighted by Crippen LogP contribution is 2.37. The molecule has 2 aromatic rings. The molecular weight excluding hydrogens is 368 g/mol. The van der Waals surface area contributed by atoms with E-state index in [0.29, 0.717) is 25.6 Å². The quantitative estimate of drug-likeness (QED) is 0.686. The Hall–Kier alpha value is -2.76. The van der Waals surface area contributed by atoms with Crippen LogP contribution >= 0.6 is 0 Å². The fourth-order valence-corrected chi connectivity index (χ4v) is 4.10. The predicted octanol–water partition coefficient (Wildman–Crippen LogP) is 3.46. The lowest BCUT2D eigenvalue weighted by atomic mass is 10.0. The molecule has 0 radical (unpaired) electrons. The van der Waals surface area contributed by atoms with Crippen LogP contribution < -0.4 is 4.74 Å². The van der Waals surface area contributed by atoms with Crippen molar-refractivity contribution in [2.75, 3.05) is 13.7 Å². The lowest BCUT2D eigenvalue weighted by molar-refractivity contribution is -0.139. The standard InChI is InChI=1S/C23H28N2O4/c1-16(18-7-8-18)25(13-17-5-9-20(28-2)10-6-17)23(27)19-12-22(26)24(14-19)15-21-4-3-11-29-21/h3-6,9-11,16,18-19H,7-8,12-15H2,1-2H3. The third-order valence-electron chi connectivity index (χ3n) is 6.08. The summed E-state index contributed by atoms with van der Waals surface area (Å²) in [5.41, 5.74) is 1.07. The highest BCUT2D eigenvalue weighted by molar-refractivity contribution is 5.89. The lowest BCUT2D eigenvalue weighted by Crippen LogP contribution is -2.43. The lowest BCUT2D eigenvalue weighted by Gasteiger charge is -2.32. The van der Waals surface area contributed by atoms with Crippen LogP contribution in [0.2, 0.25) is 0 Å². The number of furan rings is 1. The first-order chi connectivity index (χ1) is 14.0. The van der Waals surface area contributed by atoms with Gasteiger partial charge in [0.15, 0.2) is 0 Å². The first-order valence-corrected chi connectivity index (χ1v) is 10.3. The number of rotatable bonds is 8. The van der Waals surface area contributed by atoms with Gasteiger partial charge in [0, 0.05) is 25.6 Å². The number of likely N-dealkylation sites (tertiary alicyclic amines) is 1. The van der Waals surface area contributed by atoms with Crippen LogP contribution in [-0.4, -0.2) is 41.3 Å². The molecule has 2 heterocycles. The summed E-state index contributed by atoms with van der Waals surface area (Å²) in [6, 6.07) is 11.7. The second kappa shape index (κ2) is 8.31. The topological polar surface area (TPSA) is 63.0 Å². The summed E-state index contributed by atoms with van der Waals surface area (Å²) in [6.07, 6.45) is 4.21. The molecule has 1 aromatic heterocycles. The summed E-state index contributed by atoms with van der Waals surface area (Å²) in [4.78, 5) is 29.6. The van der Waals surface area contributed by atoms with Gasteiger partial charge in [-0.25, -0.2) is 0 Å². The van der Waals surface area contributed by atoms with Crippen LogP contribution in [-0.2, 0) is 22.7 Å². The number of ether oxygens (including phenoxy) is 1. The third kappa shape index (κ3) is 4.47. The number of carbonyl (C=O) groups is 2. The second-order valence-corrected chi connectivity index (χ2v) is 8.15. The van der Waals surface area contributed by atoms with E-state index >= 15 is 0 Å². The normalized spacial score (nSPS) is 20.0. The van der Waals surface area contributed by atoms with E-state index in [9.17, 15) is 9.59 Å². The molecule has 0 N–H and O–H groups in total. The van der Waals surface area contributed by atoms with Gasteiger partial charge in [-0.05, 0) is 55.5 Å². The van der Waals surface area contributed by atoms with Crippen molar-refractivity contribution in [3.05, 3.63) is 54.0 Å². The van der Waals surface area contributed by atoms with E-state index < -0.39 is 0 Å². The molecule has 1 aliphatic heterocycles. The maximum atomic E-state index is 13.4. The molecule has 0 spiro atoms. The van der Waals surface area contributed by atoms with Gasteiger partial charge in [-0.3, -0.25) is 9.59 Å². The Balaban J connectivity index is 1.46. The molecule has 1 saturated carbocycles. The first kappa shape index (κ1) is 19.6. The summed E-state index contributed by atoms with van der Waals surface area (Å²) in [5.74, 6) is 1.91. The van der Waals surface area contributed by atoms with Gasteiger partial charge >= 0.3 is 0 Å². The highest BCUT2D eigenvalue weighted by Gasteiger charge is 2.41. The zero-order valence-corrected chi connectivity index (χ0v) is 17.0. The minimum Gasteiger partial charge on any atom is -0.497 e. The SMILES string of the molecule is COc1ccc(CN(C(=O)C2CC(=O)N(Cc3ccco3)C2)C(C)C2CC2)cc1. The highest BCUT2D eigenvalue weighted by atomic mass is 16.5. The number of hydrogen-bond donors (Lipinski definition) is 0. The summed E-state index contributed by atoms with van der Waals surface area (Å²) in [5, 5.41) is 0. The van der Waals surface area contributed by atoms with E-state index in [1.807, 2.05) is 41.3 Å². The van der Waals surface area contributed by atoms with E-state index in [4.69, 9.17) is 9.15 Å². The van der Waals surface area contributed by atoms with E-state index in [2.05, 4.69) is 6.92 Å². The molecule has 29 heavy (non-hydrogen) atoms. The van der Waals surface area contributed by atoms with E-state index in [-0.39, 0.29) is 30.2 Å². The van der Waals surface area contributed by atoms with Crippen molar-refractivity contribution in [3.63, 3.8) is 0 Å². The molecule has 1 aliphatic carbocycles. The molecule has 2 atom stereocenters. The maximum Gasteiger partial charge on any atom is 0.228 e. The fourth-order valence-electron chi connectivity index (χ4n) is 4.10. The van der Waals surface area contributed by atoms with Gasteiger partial charge in [-0.2, -0.15) is 0 Å². The zero-order chi connectivity index (χ0) is 20.4. The third-order valence-corrected chi connectivity index (χ3v) is 6.08. The predicted molar refractivity (Wildman–Crippen MR) is 108 cm³/mol. The Labute approximate surface area is 171 Å². The summed E-state index contributed by atoms with van der Waals surface area (Å²) in [7, 11) is 1.64. The van der Waals surface area contributed by atoms with Crippen LogP contribution in [0.4, 0.5) is 0 Å². The van der Waals surface area contributed by atoms with Crippen LogP contribution in [0.5, 0.6) is 5.75 Å². The minimum atomic E-state index is -0.295. The summed E-state index contributed by atoms with van der Waals surface area (Å²) >= 11 is 0. The Morgan fingerprint density at radius 2 is 2.03 bits per heavy atom. The summed E-state index contributed by atoms with van der Waals surface area (Å²) in [6.45, 7) is 3.57. The molecule has 0 bridgehead atoms. The van der Waals surface area contributed by atoms with Crippen molar-refractivity contribution < 1.29 is 18.7 Å². The monoisotopic (exact) mass is 396 g/mol. The maximum absolute atomic E-state index is 13.4. The Bertz CT molecular complexity index is 842. The van der Waals surface area contributed by atoms with Gasteiger partial charge in [-0.1, -0.05) is 12.1 Å². The van der Waals surface area contributed by atoms with Gasteiger partial charge < -0.3 is 19.0 Å². The first-order valence-electron chi connectivity index (χ1n) is 10.3. The van der Waals surface area contributed by atoms with Crippen molar-refractivity contribution in [3.8, 4) is 5.75 Å².